The van der Waals surface area contributed by atoms with Crippen LogP contribution < -0.4 is 0 Å². The summed E-state index contributed by atoms with van der Waals surface area (Å²) in [6.07, 6.45) is 1.09. The first-order chi connectivity index (χ1) is 7.70. The second-order valence-corrected chi connectivity index (χ2v) is 4.90. The summed E-state index contributed by atoms with van der Waals surface area (Å²) in [4.78, 5) is 32.5. The predicted octanol–water partition coefficient (Wildman–Crippen LogP) is 1.93. The van der Waals surface area contributed by atoms with Crippen molar-refractivity contribution in [2.45, 2.75) is 58.5 Å². The molecule has 0 fully saturated rings. The lowest BCUT2D eigenvalue weighted by Crippen LogP contribution is -2.23. The van der Waals surface area contributed by atoms with Crippen LogP contribution in [0, 0.1) is 0 Å². The van der Waals surface area contributed by atoms with Crippen LogP contribution in [0.1, 0.15) is 52.9 Å². The highest BCUT2D eigenvalue weighted by atomic mass is 16.6. The molecule has 0 aromatic rings. The molecule has 0 aromatic heterocycles. The van der Waals surface area contributed by atoms with E-state index in [0.29, 0.717) is 12.8 Å². The number of ketones is 1. The van der Waals surface area contributed by atoms with E-state index < -0.39 is 18.0 Å². The zero-order valence-corrected chi connectivity index (χ0v) is 10.6. The van der Waals surface area contributed by atoms with Gasteiger partial charge in [-0.1, -0.05) is 0 Å². The zero-order valence-electron chi connectivity index (χ0n) is 10.6. The van der Waals surface area contributed by atoms with Gasteiger partial charge in [0.2, 0.25) is 0 Å². The smallest absolute Gasteiger partial charge is 0.310 e. The number of rotatable bonds is 7. The van der Waals surface area contributed by atoms with Crippen molar-refractivity contribution < 1.29 is 24.2 Å². The number of aliphatic carboxylic acids is 1. The molecule has 0 saturated heterocycles. The average molecular weight is 244 g/mol. The minimum atomic E-state index is -1.11. The van der Waals surface area contributed by atoms with Crippen molar-refractivity contribution >= 4 is 17.7 Å². The van der Waals surface area contributed by atoms with Gasteiger partial charge in [-0.25, -0.2) is 0 Å². The third-order valence-electron chi connectivity index (χ3n) is 1.85. The Hall–Kier alpha value is -1.39. The van der Waals surface area contributed by atoms with Gasteiger partial charge in [0.1, 0.15) is 17.8 Å². The number of carboxylic acids is 1. The van der Waals surface area contributed by atoms with Crippen molar-refractivity contribution in [2.24, 2.45) is 0 Å². The van der Waals surface area contributed by atoms with Gasteiger partial charge in [-0.05, 0) is 33.6 Å². The van der Waals surface area contributed by atoms with Crippen LogP contribution in [0.4, 0.5) is 0 Å². The van der Waals surface area contributed by atoms with Crippen LogP contribution in [0.25, 0.3) is 0 Å². The fraction of sp³-hybridized carbons (Fsp3) is 0.750. The van der Waals surface area contributed by atoms with Gasteiger partial charge in [-0.3, -0.25) is 14.4 Å². The number of hydrogen-bond acceptors (Lipinski definition) is 4. The number of unbranched alkanes of at least 4 members (excludes halogenated alkanes) is 1. The van der Waals surface area contributed by atoms with Crippen LogP contribution >= 0.6 is 0 Å². The van der Waals surface area contributed by atoms with Gasteiger partial charge in [0.15, 0.2) is 0 Å². The maximum absolute atomic E-state index is 11.3. The van der Waals surface area contributed by atoms with Gasteiger partial charge >= 0.3 is 11.9 Å². The third kappa shape index (κ3) is 10.9. The Kier molecular flexibility index (Phi) is 6.46. The van der Waals surface area contributed by atoms with Crippen LogP contribution in [-0.2, 0) is 19.1 Å². The van der Waals surface area contributed by atoms with Crippen LogP contribution in [0.15, 0.2) is 0 Å². The van der Waals surface area contributed by atoms with Gasteiger partial charge in [0.05, 0.1) is 0 Å². The van der Waals surface area contributed by atoms with E-state index >= 15 is 0 Å². The molecule has 0 saturated carbocycles. The number of carbonyl (C=O) groups excluding carboxylic acids is 2. The molecule has 1 N–H and O–H groups in total. The van der Waals surface area contributed by atoms with E-state index in [0.717, 1.165) is 0 Å². The Balaban J connectivity index is 3.61. The highest BCUT2D eigenvalue weighted by molar-refractivity contribution is 5.94. The second-order valence-electron chi connectivity index (χ2n) is 4.90. The summed E-state index contributed by atoms with van der Waals surface area (Å²) in [6.45, 7) is 5.38. The van der Waals surface area contributed by atoms with Crippen molar-refractivity contribution in [3.05, 3.63) is 0 Å². The summed E-state index contributed by atoms with van der Waals surface area (Å²) < 4.78 is 5.09. The fourth-order valence-corrected chi connectivity index (χ4v) is 1.24. The van der Waals surface area contributed by atoms with Gasteiger partial charge < -0.3 is 9.84 Å². The maximum atomic E-state index is 11.3. The lowest BCUT2D eigenvalue weighted by molar-refractivity contribution is -0.155. The van der Waals surface area contributed by atoms with E-state index in [1.54, 1.807) is 20.8 Å². The average Bonchev–Trinajstić information content (AvgIpc) is 2.08. The molecule has 17 heavy (non-hydrogen) atoms. The highest BCUT2D eigenvalue weighted by Gasteiger charge is 2.15. The third-order valence-corrected chi connectivity index (χ3v) is 1.85. The number of ether oxygens (including phenoxy) is 1. The normalized spacial score (nSPS) is 11.0. The Morgan fingerprint density at radius 2 is 1.59 bits per heavy atom. The Bertz CT molecular complexity index is 288. The summed E-state index contributed by atoms with van der Waals surface area (Å²) in [7, 11) is 0. The number of esters is 1. The molecule has 5 heteroatoms. The molecule has 98 valence electrons. The topological polar surface area (TPSA) is 80.7 Å². The zero-order chi connectivity index (χ0) is 13.5. The molecular weight excluding hydrogens is 224 g/mol. The largest absolute Gasteiger partial charge is 0.481 e. The molecule has 0 heterocycles. The predicted molar refractivity (Wildman–Crippen MR) is 61.6 cm³/mol. The fourth-order valence-electron chi connectivity index (χ4n) is 1.24. The quantitative estimate of drug-likeness (QED) is 0.420. The molecule has 0 unspecified atom stereocenters. The Morgan fingerprint density at radius 1 is 1.06 bits per heavy atom. The summed E-state index contributed by atoms with van der Waals surface area (Å²) in [6, 6.07) is 0. The standard InChI is InChI=1S/C12H20O5/c1-12(2,3)17-11(16)7-5-4-6-9(13)8-10(14)15/h4-8H2,1-3H3,(H,14,15). The van der Waals surface area contributed by atoms with Crippen molar-refractivity contribution in [3.8, 4) is 0 Å². The van der Waals surface area contributed by atoms with E-state index in [2.05, 4.69) is 0 Å². The van der Waals surface area contributed by atoms with Gasteiger partial charge in [-0.15, -0.1) is 0 Å². The minimum absolute atomic E-state index is 0.203. The summed E-state index contributed by atoms with van der Waals surface area (Å²) in [5.74, 6) is -1.70. The van der Waals surface area contributed by atoms with Gasteiger partial charge in [0.25, 0.3) is 0 Å². The highest BCUT2D eigenvalue weighted by Crippen LogP contribution is 2.10. The minimum Gasteiger partial charge on any atom is -0.481 e. The van der Waals surface area contributed by atoms with Gasteiger partial charge in [0, 0.05) is 12.8 Å². The molecule has 0 aliphatic rings. The van der Waals surface area contributed by atoms with Crippen LogP contribution in [0.2, 0.25) is 0 Å². The van der Waals surface area contributed by atoms with Crippen LogP contribution in [0.3, 0.4) is 0 Å². The van der Waals surface area contributed by atoms with E-state index in [1.165, 1.54) is 0 Å². The number of carbonyl (C=O) groups is 3. The number of carboxylic acid groups (broad SMARTS) is 1. The molecule has 0 atom stereocenters. The van der Waals surface area contributed by atoms with E-state index in [9.17, 15) is 14.4 Å². The molecular formula is C12H20O5. The van der Waals surface area contributed by atoms with E-state index in [-0.39, 0.29) is 24.6 Å². The summed E-state index contributed by atoms with van der Waals surface area (Å²) in [5, 5.41) is 8.36. The molecule has 5 nitrogen and oxygen atoms in total. The first kappa shape index (κ1) is 15.6. The SMILES string of the molecule is CC(C)(C)OC(=O)CCCCC(=O)CC(=O)O. The molecule has 0 bridgehead atoms. The van der Waals surface area contributed by atoms with Crippen molar-refractivity contribution in [2.75, 3.05) is 0 Å². The van der Waals surface area contributed by atoms with Crippen molar-refractivity contribution in [1.29, 1.82) is 0 Å². The van der Waals surface area contributed by atoms with Gasteiger partial charge in [-0.2, -0.15) is 0 Å². The lowest BCUT2D eigenvalue weighted by atomic mass is 10.1. The molecule has 0 spiro atoms. The second kappa shape index (κ2) is 7.04. The Labute approximate surface area is 101 Å². The Morgan fingerprint density at radius 3 is 2.06 bits per heavy atom. The molecule has 0 rings (SSSR count). The maximum Gasteiger partial charge on any atom is 0.310 e. The summed E-state index contributed by atoms with van der Waals surface area (Å²) >= 11 is 0. The monoisotopic (exact) mass is 244 g/mol. The van der Waals surface area contributed by atoms with Crippen molar-refractivity contribution in [1.82, 2.24) is 0 Å². The molecule has 0 aromatic carbocycles. The first-order valence-electron chi connectivity index (χ1n) is 5.66. The molecule has 0 aliphatic carbocycles. The lowest BCUT2D eigenvalue weighted by Gasteiger charge is -2.19. The number of Topliss-reactive ketones (excluding diaryl/α,β-unsaturated/α-hetero) is 1. The van der Waals surface area contributed by atoms with Crippen LogP contribution in [0.5, 0.6) is 0 Å². The van der Waals surface area contributed by atoms with E-state index in [4.69, 9.17) is 9.84 Å². The van der Waals surface area contributed by atoms with Crippen molar-refractivity contribution in [3.63, 3.8) is 0 Å². The molecule has 0 amide bonds. The van der Waals surface area contributed by atoms with Crippen LogP contribution in [-0.4, -0.2) is 28.4 Å². The first-order valence-corrected chi connectivity index (χ1v) is 5.66. The molecule has 0 radical (unpaired) electrons. The van der Waals surface area contributed by atoms with E-state index in [1.807, 2.05) is 0 Å². The number of hydrogen-bond donors (Lipinski definition) is 1. The molecule has 0 aliphatic heterocycles. The summed E-state index contributed by atoms with van der Waals surface area (Å²) in [5.41, 5.74) is -0.490.